The van der Waals surface area contributed by atoms with Gasteiger partial charge in [-0.25, -0.2) is 4.39 Å². The van der Waals surface area contributed by atoms with Crippen molar-refractivity contribution in [3.63, 3.8) is 0 Å². The number of aromatic nitrogens is 1. The highest BCUT2D eigenvalue weighted by molar-refractivity contribution is 5.93. The van der Waals surface area contributed by atoms with Crippen molar-refractivity contribution in [2.75, 3.05) is 26.2 Å². The van der Waals surface area contributed by atoms with Crippen molar-refractivity contribution in [1.29, 1.82) is 0 Å². The third-order valence-corrected chi connectivity index (χ3v) is 4.82. The molecule has 0 aliphatic carbocycles. The average Bonchev–Trinajstić information content (AvgIpc) is 2.74. The molecule has 1 aliphatic heterocycles. The molecule has 2 amide bonds. The van der Waals surface area contributed by atoms with Gasteiger partial charge in [0.15, 0.2) is 0 Å². The van der Waals surface area contributed by atoms with Crippen molar-refractivity contribution < 1.29 is 14.0 Å². The lowest BCUT2D eigenvalue weighted by Gasteiger charge is -2.34. The van der Waals surface area contributed by atoms with Crippen molar-refractivity contribution in [1.82, 2.24) is 20.5 Å². The fourth-order valence-electron chi connectivity index (χ4n) is 3.41. The van der Waals surface area contributed by atoms with Crippen LogP contribution in [0.15, 0.2) is 48.8 Å². The number of nitrogens with one attached hydrogen (secondary N) is 2. The molecule has 7 heteroatoms. The molecule has 1 atom stereocenters. The quantitative estimate of drug-likeness (QED) is 0.719. The zero-order valence-electron chi connectivity index (χ0n) is 15.7. The number of benzene rings is 1. The Kier molecular flexibility index (Phi) is 7.08. The summed E-state index contributed by atoms with van der Waals surface area (Å²) in [6.07, 6.45) is 6.36. The highest BCUT2D eigenvalue weighted by atomic mass is 19.1. The first-order valence-corrected chi connectivity index (χ1v) is 9.60. The van der Waals surface area contributed by atoms with Crippen LogP contribution in [0.4, 0.5) is 4.39 Å². The van der Waals surface area contributed by atoms with Crippen LogP contribution >= 0.6 is 0 Å². The van der Waals surface area contributed by atoms with E-state index in [-0.39, 0.29) is 17.6 Å². The number of rotatable bonds is 7. The molecule has 1 fully saturated rings. The van der Waals surface area contributed by atoms with Gasteiger partial charge in [-0.1, -0.05) is 18.6 Å². The van der Waals surface area contributed by atoms with Gasteiger partial charge in [0.2, 0.25) is 5.91 Å². The van der Waals surface area contributed by atoms with Crippen LogP contribution in [0.1, 0.15) is 41.2 Å². The predicted octanol–water partition coefficient (Wildman–Crippen LogP) is 2.29. The number of halogens is 1. The first-order chi connectivity index (χ1) is 13.6. The molecule has 1 aromatic heterocycles. The summed E-state index contributed by atoms with van der Waals surface area (Å²) in [5, 5.41) is 5.66. The molecule has 6 nitrogen and oxygen atoms in total. The van der Waals surface area contributed by atoms with Crippen molar-refractivity contribution in [3.8, 4) is 0 Å². The normalized spacial score (nSPS) is 15.6. The molecule has 3 rings (SSSR count). The third kappa shape index (κ3) is 5.36. The molecule has 1 unspecified atom stereocenters. The summed E-state index contributed by atoms with van der Waals surface area (Å²) in [6, 6.07) is 9.03. The van der Waals surface area contributed by atoms with Gasteiger partial charge in [-0.05, 0) is 55.8 Å². The van der Waals surface area contributed by atoms with Gasteiger partial charge in [-0.15, -0.1) is 0 Å². The molecule has 2 N–H and O–H groups in total. The van der Waals surface area contributed by atoms with Crippen LogP contribution in [0, 0.1) is 5.82 Å². The van der Waals surface area contributed by atoms with Gasteiger partial charge in [0, 0.05) is 25.5 Å². The number of carbonyl (C=O) groups is 2. The van der Waals surface area contributed by atoms with Crippen LogP contribution in [0.5, 0.6) is 0 Å². The first kappa shape index (κ1) is 19.9. The smallest absolute Gasteiger partial charge is 0.252 e. The fourth-order valence-corrected chi connectivity index (χ4v) is 3.41. The molecule has 0 spiro atoms. The largest absolute Gasteiger partial charge is 0.353 e. The summed E-state index contributed by atoms with van der Waals surface area (Å²) in [6.45, 7) is 2.31. The van der Waals surface area contributed by atoms with Gasteiger partial charge in [0.05, 0.1) is 5.56 Å². The van der Waals surface area contributed by atoms with Gasteiger partial charge in [0.25, 0.3) is 5.91 Å². The zero-order chi connectivity index (χ0) is 19.8. The average molecular weight is 384 g/mol. The molecule has 0 radical (unpaired) electrons. The first-order valence-electron chi connectivity index (χ1n) is 9.60. The fraction of sp³-hybridized carbons (Fsp3) is 0.381. The Balaban J connectivity index is 1.56. The number of hydrogen-bond acceptors (Lipinski definition) is 4. The number of carbonyl (C=O) groups excluding carboxylic acids is 2. The maximum absolute atomic E-state index is 13.3. The van der Waals surface area contributed by atoms with Crippen molar-refractivity contribution in [2.24, 2.45) is 0 Å². The monoisotopic (exact) mass is 384 g/mol. The topological polar surface area (TPSA) is 74.3 Å². The van der Waals surface area contributed by atoms with E-state index in [1.54, 1.807) is 30.5 Å². The summed E-state index contributed by atoms with van der Waals surface area (Å²) in [7, 11) is 0. The summed E-state index contributed by atoms with van der Waals surface area (Å²) >= 11 is 0. The molecule has 148 valence electrons. The number of nitrogens with zero attached hydrogens (tertiary/aromatic N) is 2. The lowest BCUT2D eigenvalue weighted by atomic mass is 10.0. The van der Waals surface area contributed by atoms with E-state index < -0.39 is 6.04 Å². The van der Waals surface area contributed by atoms with Crippen LogP contribution in [0.25, 0.3) is 0 Å². The van der Waals surface area contributed by atoms with E-state index in [9.17, 15) is 14.0 Å². The van der Waals surface area contributed by atoms with E-state index in [0.29, 0.717) is 18.7 Å². The molecule has 28 heavy (non-hydrogen) atoms. The molecule has 1 aliphatic rings. The molecule has 1 saturated heterocycles. The van der Waals surface area contributed by atoms with Gasteiger partial charge >= 0.3 is 0 Å². The minimum atomic E-state index is -0.449. The lowest BCUT2D eigenvalue weighted by molar-refractivity contribution is -0.127. The Morgan fingerprint density at radius 1 is 1.04 bits per heavy atom. The second-order valence-corrected chi connectivity index (χ2v) is 6.84. The Morgan fingerprint density at radius 3 is 2.43 bits per heavy atom. The Morgan fingerprint density at radius 2 is 1.75 bits per heavy atom. The van der Waals surface area contributed by atoms with Gasteiger partial charge in [-0.2, -0.15) is 0 Å². The number of likely N-dealkylation sites (tertiary alicyclic amines) is 1. The van der Waals surface area contributed by atoms with E-state index in [4.69, 9.17) is 0 Å². The van der Waals surface area contributed by atoms with Crippen LogP contribution in [-0.4, -0.2) is 47.9 Å². The minimum Gasteiger partial charge on any atom is -0.353 e. The number of amides is 2. The predicted molar refractivity (Wildman–Crippen MR) is 104 cm³/mol. The van der Waals surface area contributed by atoms with Gasteiger partial charge in [-0.3, -0.25) is 19.5 Å². The maximum Gasteiger partial charge on any atom is 0.252 e. The second-order valence-electron chi connectivity index (χ2n) is 6.84. The highest BCUT2D eigenvalue weighted by Gasteiger charge is 2.28. The summed E-state index contributed by atoms with van der Waals surface area (Å²) in [5.74, 6) is -0.683. The lowest BCUT2D eigenvalue weighted by Crippen LogP contribution is -2.44. The molecule has 2 heterocycles. The minimum absolute atomic E-state index is 0.135. The third-order valence-electron chi connectivity index (χ3n) is 4.82. The Labute approximate surface area is 164 Å². The van der Waals surface area contributed by atoms with Crippen LogP contribution < -0.4 is 10.6 Å². The van der Waals surface area contributed by atoms with Gasteiger partial charge in [0.1, 0.15) is 11.9 Å². The van der Waals surface area contributed by atoms with E-state index >= 15 is 0 Å². The molecular formula is C21H25FN4O2. The Bertz CT molecular complexity index is 777. The summed E-state index contributed by atoms with van der Waals surface area (Å²) in [5.41, 5.74) is 1.26. The van der Waals surface area contributed by atoms with E-state index in [1.165, 1.54) is 18.3 Å². The number of pyridine rings is 1. The van der Waals surface area contributed by atoms with Crippen molar-refractivity contribution >= 4 is 11.8 Å². The van der Waals surface area contributed by atoms with Crippen molar-refractivity contribution in [2.45, 2.75) is 25.3 Å². The van der Waals surface area contributed by atoms with Crippen molar-refractivity contribution in [3.05, 3.63) is 65.7 Å². The molecule has 0 saturated carbocycles. The summed E-state index contributed by atoms with van der Waals surface area (Å²) < 4.78 is 13.3. The van der Waals surface area contributed by atoms with Crippen LogP contribution in [0.2, 0.25) is 0 Å². The van der Waals surface area contributed by atoms with Crippen LogP contribution in [-0.2, 0) is 4.79 Å². The standard InChI is InChI=1S/C21H25FN4O2/c22-18-8-6-16(7-9-18)19(26-13-2-1-3-14-26)21(28)25-12-11-24-20(27)17-5-4-10-23-15-17/h4-10,15,19H,1-3,11-14H2,(H,24,27)(H,25,28). The highest BCUT2D eigenvalue weighted by Crippen LogP contribution is 2.25. The molecule has 0 bridgehead atoms. The van der Waals surface area contributed by atoms with E-state index in [1.807, 2.05) is 0 Å². The number of hydrogen-bond donors (Lipinski definition) is 2. The molecule has 2 aromatic rings. The maximum atomic E-state index is 13.3. The second kappa shape index (κ2) is 9.94. The molecular weight excluding hydrogens is 359 g/mol. The number of piperidine rings is 1. The van der Waals surface area contributed by atoms with Crippen LogP contribution in [0.3, 0.4) is 0 Å². The van der Waals surface area contributed by atoms with E-state index in [2.05, 4.69) is 20.5 Å². The summed E-state index contributed by atoms with van der Waals surface area (Å²) in [4.78, 5) is 30.9. The van der Waals surface area contributed by atoms with E-state index in [0.717, 1.165) is 37.9 Å². The molecule has 1 aromatic carbocycles. The SMILES string of the molecule is O=C(NCCNC(=O)C(c1ccc(F)cc1)N1CCCCC1)c1cccnc1. The zero-order valence-corrected chi connectivity index (χ0v) is 15.7. The Hall–Kier alpha value is -2.80. The van der Waals surface area contributed by atoms with Gasteiger partial charge < -0.3 is 10.6 Å².